The van der Waals surface area contributed by atoms with Crippen molar-refractivity contribution >= 4 is 45.8 Å². The van der Waals surface area contributed by atoms with Crippen LogP contribution in [0, 0.1) is 19.7 Å². The zero-order valence-corrected chi connectivity index (χ0v) is 20.5. The number of hydrogen-bond acceptors (Lipinski definition) is 7. The van der Waals surface area contributed by atoms with E-state index in [1.807, 2.05) is 6.07 Å². The molecule has 4 aromatic rings. The first-order valence-electron chi connectivity index (χ1n) is 11.5. The van der Waals surface area contributed by atoms with Crippen LogP contribution in [0.4, 0.5) is 32.2 Å². The lowest BCUT2D eigenvalue weighted by molar-refractivity contribution is -0.130. The Hall–Kier alpha value is -4.74. The van der Waals surface area contributed by atoms with Crippen molar-refractivity contribution in [3.05, 3.63) is 53.4 Å². The molecule has 0 unspecified atom stereocenters. The number of nitrogens with zero attached hydrogens (tertiary/aromatic N) is 5. The maximum atomic E-state index is 15.7. The minimum atomic E-state index is -1.41. The number of aromatic nitrogens is 4. The Kier molecular flexibility index (Phi) is 5.86. The number of anilines is 4. The number of halogens is 1. The normalized spacial score (nSPS) is 13.4. The molecule has 12 heteroatoms. The summed E-state index contributed by atoms with van der Waals surface area (Å²) in [6.07, 6.45) is 2.18. The van der Waals surface area contributed by atoms with Crippen LogP contribution in [0.1, 0.15) is 17.0 Å². The molecule has 0 saturated heterocycles. The third kappa shape index (κ3) is 4.37. The molecule has 5 N–H and O–H groups in total. The standard InChI is InChI=1S/C25H25FN8O3/c1-12-17(9-28-13(2)23(12)27)16-6-14-7-19(29-10-18(14)24(22(16)26)31-25(36)37)30-20-8-15-4-5-33(3)21(35)11-34(15)32-20/h6-10,31H,4-5,11,27H2,1-3H3,(H,36,37)(H,29,30,32). The second-order valence-corrected chi connectivity index (χ2v) is 9.00. The third-order valence-corrected chi connectivity index (χ3v) is 6.60. The molecule has 0 saturated carbocycles. The Morgan fingerprint density at radius 1 is 1.14 bits per heavy atom. The zero-order chi connectivity index (χ0) is 26.4. The summed E-state index contributed by atoms with van der Waals surface area (Å²) >= 11 is 0. The Morgan fingerprint density at radius 3 is 2.68 bits per heavy atom. The highest BCUT2D eigenvalue weighted by Crippen LogP contribution is 2.38. The maximum Gasteiger partial charge on any atom is 0.409 e. The van der Waals surface area contributed by atoms with Gasteiger partial charge < -0.3 is 21.1 Å². The average Bonchev–Trinajstić information content (AvgIpc) is 3.17. The van der Waals surface area contributed by atoms with Gasteiger partial charge >= 0.3 is 6.09 Å². The fourth-order valence-corrected chi connectivity index (χ4v) is 4.42. The first kappa shape index (κ1) is 24.0. The molecule has 37 heavy (non-hydrogen) atoms. The number of carbonyl (C=O) groups excluding carboxylic acids is 1. The number of hydrogen-bond donors (Lipinski definition) is 4. The van der Waals surface area contributed by atoms with Crippen molar-refractivity contribution in [1.29, 1.82) is 0 Å². The lowest BCUT2D eigenvalue weighted by Gasteiger charge is -2.16. The largest absolute Gasteiger partial charge is 0.465 e. The summed E-state index contributed by atoms with van der Waals surface area (Å²) in [5.41, 5.74) is 9.13. The highest BCUT2D eigenvalue weighted by Gasteiger charge is 2.22. The number of carboxylic acid groups (broad SMARTS) is 1. The highest BCUT2D eigenvalue weighted by molar-refractivity contribution is 6.03. The molecule has 0 aliphatic carbocycles. The van der Waals surface area contributed by atoms with Crippen molar-refractivity contribution in [3.63, 3.8) is 0 Å². The van der Waals surface area contributed by atoms with Gasteiger partial charge in [0.05, 0.1) is 17.1 Å². The van der Waals surface area contributed by atoms with Crippen LogP contribution in [0.25, 0.3) is 21.9 Å². The average molecular weight is 505 g/mol. The molecular formula is C25H25FN8O3. The molecule has 190 valence electrons. The van der Waals surface area contributed by atoms with Gasteiger partial charge in [0.1, 0.15) is 12.4 Å². The molecule has 11 nitrogen and oxygen atoms in total. The smallest absolute Gasteiger partial charge is 0.409 e. The molecule has 2 amide bonds. The number of aryl methyl sites for hydroxylation is 1. The number of rotatable bonds is 4. The van der Waals surface area contributed by atoms with E-state index in [9.17, 15) is 14.7 Å². The number of carbonyl (C=O) groups is 2. The van der Waals surface area contributed by atoms with Gasteiger partial charge in [-0.3, -0.25) is 19.8 Å². The molecule has 0 fully saturated rings. The number of nitrogen functional groups attached to an aromatic ring is 1. The second kappa shape index (κ2) is 9.04. The molecule has 0 spiro atoms. The van der Waals surface area contributed by atoms with Gasteiger partial charge in [-0.05, 0) is 36.9 Å². The summed E-state index contributed by atoms with van der Waals surface area (Å²) in [7, 11) is 1.76. The highest BCUT2D eigenvalue weighted by atomic mass is 19.1. The molecule has 1 aromatic carbocycles. The lowest BCUT2D eigenvalue weighted by Crippen LogP contribution is -2.29. The fraction of sp³-hybridized carbons (Fsp3) is 0.240. The molecular weight excluding hydrogens is 479 g/mol. The Balaban J connectivity index is 1.58. The molecule has 3 aromatic heterocycles. The van der Waals surface area contributed by atoms with E-state index in [1.54, 1.807) is 42.6 Å². The first-order valence-corrected chi connectivity index (χ1v) is 11.5. The van der Waals surface area contributed by atoms with Crippen LogP contribution < -0.4 is 16.4 Å². The van der Waals surface area contributed by atoms with Crippen LogP contribution in [0.5, 0.6) is 0 Å². The van der Waals surface area contributed by atoms with E-state index < -0.39 is 11.9 Å². The monoisotopic (exact) mass is 504 g/mol. The van der Waals surface area contributed by atoms with Crippen LogP contribution in [0.15, 0.2) is 30.6 Å². The predicted octanol–water partition coefficient (Wildman–Crippen LogP) is 3.68. The topological polar surface area (TPSA) is 151 Å². The molecule has 0 radical (unpaired) electrons. The van der Waals surface area contributed by atoms with Gasteiger partial charge in [0.2, 0.25) is 5.91 Å². The Bertz CT molecular complexity index is 1580. The second-order valence-electron chi connectivity index (χ2n) is 9.00. The number of nitrogens with two attached hydrogens (primary N) is 1. The molecule has 1 aliphatic heterocycles. The molecule has 4 heterocycles. The van der Waals surface area contributed by atoms with Crippen molar-refractivity contribution in [2.45, 2.75) is 26.8 Å². The number of amides is 2. The van der Waals surface area contributed by atoms with Crippen molar-refractivity contribution in [2.75, 3.05) is 30.0 Å². The van der Waals surface area contributed by atoms with E-state index in [4.69, 9.17) is 5.73 Å². The van der Waals surface area contributed by atoms with Crippen LogP contribution >= 0.6 is 0 Å². The van der Waals surface area contributed by atoms with Crippen LogP contribution in [-0.4, -0.2) is 55.3 Å². The maximum absolute atomic E-state index is 15.7. The molecule has 0 bridgehead atoms. The summed E-state index contributed by atoms with van der Waals surface area (Å²) in [4.78, 5) is 33.9. The summed E-state index contributed by atoms with van der Waals surface area (Å²) in [6.45, 7) is 4.27. The van der Waals surface area contributed by atoms with Crippen molar-refractivity contribution < 1.29 is 19.1 Å². The van der Waals surface area contributed by atoms with Crippen LogP contribution in [-0.2, 0) is 17.8 Å². The summed E-state index contributed by atoms with van der Waals surface area (Å²) in [5.74, 6) is 0.155. The number of nitrogens with one attached hydrogen (secondary N) is 2. The predicted molar refractivity (Wildman–Crippen MR) is 137 cm³/mol. The Labute approximate surface area is 211 Å². The number of pyridine rings is 2. The van der Waals surface area contributed by atoms with Crippen molar-refractivity contribution in [2.24, 2.45) is 0 Å². The van der Waals surface area contributed by atoms with Gasteiger partial charge in [-0.1, -0.05) is 0 Å². The van der Waals surface area contributed by atoms with E-state index in [0.29, 0.717) is 52.5 Å². The van der Waals surface area contributed by atoms with Gasteiger partial charge in [-0.2, -0.15) is 5.10 Å². The molecule has 1 aliphatic rings. The van der Waals surface area contributed by atoms with Gasteiger partial charge in [-0.15, -0.1) is 0 Å². The zero-order valence-electron chi connectivity index (χ0n) is 20.5. The van der Waals surface area contributed by atoms with E-state index in [1.165, 1.54) is 12.4 Å². The fourth-order valence-electron chi connectivity index (χ4n) is 4.42. The van der Waals surface area contributed by atoms with Crippen molar-refractivity contribution in [3.8, 4) is 11.1 Å². The van der Waals surface area contributed by atoms with E-state index in [0.717, 1.165) is 5.69 Å². The van der Waals surface area contributed by atoms with Crippen LogP contribution in [0.3, 0.4) is 0 Å². The molecule has 0 atom stereocenters. The van der Waals surface area contributed by atoms with Gasteiger partial charge in [0.25, 0.3) is 0 Å². The van der Waals surface area contributed by atoms with Crippen LogP contribution in [0.2, 0.25) is 0 Å². The van der Waals surface area contributed by atoms with E-state index >= 15 is 4.39 Å². The first-order chi connectivity index (χ1) is 17.6. The summed E-state index contributed by atoms with van der Waals surface area (Å²) < 4.78 is 17.3. The lowest BCUT2D eigenvalue weighted by atomic mass is 9.96. The van der Waals surface area contributed by atoms with Gasteiger partial charge in [0.15, 0.2) is 11.6 Å². The number of likely N-dealkylation sites (N-methyl/N-ethyl adjacent to an activating group) is 1. The van der Waals surface area contributed by atoms with Gasteiger partial charge in [0, 0.05) is 60.7 Å². The van der Waals surface area contributed by atoms with Gasteiger partial charge in [-0.25, -0.2) is 14.2 Å². The SMILES string of the molecule is Cc1ncc(-c2cc3cc(Nc4cc5n(n4)CC(=O)N(C)CC5)ncc3c(NC(=O)O)c2F)c(C)c1N. The third-order valence-electron chi connectivity index (χ3n) is 6.60. The van der Waals surface area contributed by atoms with E-state index in [2.05, 4.69) is 25.7 Å². The molecule has 5 rings (SSSR count). The number of benzene rings is 1. The number of fused-ring (bicyclic) bond motifs is 2. The summed E-state index contributed by atoms with van der Waals surface area (Å²) in [6, 6.07) is 5.14. The minimum Gasteiger partial charge on any atom is -0.465 e. The van der Waals surface area contributed by atoms with E-state index in [-0.39, 0.29) is 29.1 Å². The summed E-state index contributed by atoms with van der Waals surface area (Å²) in [5, 5.41) is 20.0. The minimum absolute atomic E-state index is 0.0215. The quantitative estimate of drug-likeness (QED) is 0.329. The van der Waals surface area contributed by atoms with Crippen molar-refractivity contribution in [1.82, 2.24) is 24.6 Å². The Morgan fingerprint density at radius 2 is 1.92 bits per heavy atom.